The van der Waals surface area contributed by atoms with Crippen molar-refractivity contribution in [2.24, 2.45) is 5.41 Å². The molecule has 0 bridgehead atoms. The highest BCUT2D eigenvalue weighted by molar-refractivity contribution is 5.78. The molecule has 0 aliphatic carbocycles. The molecule has 28 heavy (non-hydrogen) atoms. The minimum absolute atomic E-state index is 0.175. The van der Waals surface area contributed by atoms with Crippen molar-refractivity contribution in [1.29, 1.82) is 0 Å². The summed E-state index contributed by atoms with van der Waals surface area (Å²) in [6.45, 7) is 4.81. The number of amides is 1. The molecule has 0 saturated carbocycles. The average molecular weight is 381 g/mol. The van der Waals surface area contributed by atoms with Crippen molar-refractivity contribution in [3.63, 3.8) is 0 Å². The number of rotatable bonds is 4. The van der Waals surface area contributed by atoms with Gasteiger partial charge in [-0.15, -0.1) is 0 Å². The predicted octanol–water partition coefficient (Wildman–Crippen LogP) is 3.67. The zero-order chi connectivity index (χ0) is 19.4. The summed E-state index contributed by atoms with van der Waals surface area (Å²) in [4.78, 5) is 21.2. The lowest BCUT2D eigenvalue weighted by molar-refractivity contribution is -0.133. The Hall–Kier alpha value is -2.27. The number of hydrogen-bond acceptors (Lipinski definition) is 3. The second-order valence-electron chi connectivity index (χ2n) is 8.32. The molecule has 2 aromatic rings. The summed E-state index contributed by atoms with van der Waals surface area (Å²) in [7, 11) is 0. The van der Waals surface area contributed by atoms with Gasteiger partial charge in [-0.05, 0) is 73.5 Å². The van der Waals surface area contributed by atoms with Crippen LogP contribution in [0.5, 0.6) is 0 Å². The summed E-state index contributed by atoms with van der Waals surface area (Å²) in [5, 5.41) is 0. The fourth-order valence-electron chi connectivity index (χ4n) is 4.55. The first kappa shape index (κ1) is 19.1. The number of piperidine rings is 2. The van der Waals surface area contributed by atoms with Crippen LogP contribution in [0.15, 0.2) is 48.8 Å². The van der Waals surface area contributed by atoms with Crippen molar-refractivity contribution in [3.05, 3.63) is 65.7 Å². The van der Waals surface area contributed by atoms with E-state index in [1.54, 1.807) is 24.5 Å². The summed E-state index contributed by atoms with van der Waals surface area (Å²) in [5.41, 5.74) is 2.56. The van der Waals surface area contributed by atoms with Crippen LogP contribution in [0.25, 0.3) is 0 Å². The second-order valence-corrected chi connectivity index (χ2v) is 8.32. The largest absolute Gasteiger partial charge is 0.342 e. The Balaban J connectivity index is 1.25. The van der Waals surface area contributed by atoms with E-state index in [-0.39, 0.29) is 11.7 Å². The van der Waals surface area contributed by atoms with Crippen molar-refractivity contribution >= 4 is 5.91 Å². The van der Waals surface area contributed by atoms with Gasteiger partial charge in [0.05, 0.1) is 6.42 Å². The van der Waals surface area contributed by atoms with Crippen LogP contribution in [0, 0.1) is 11.2 Å². The number of likely N-dealkylation sites (tertiary alicyclic amines) is 2. The first-order valence-electron chi connectivity index (χ1n) is 10.3. The number of nitrogens with zero attached hydrogens (tertiary/aromatic N) is 3. The Morgan fingerprint density at radius 3 is 2.29 bits per heavy atom. The molecule has 3 heterocycles. The van der Waals surface area contributed by atoms with Gasteiger partial charge in [0.25, 0.3) is 0 Å². The highest BCUT2D eigenvalue weighted by Gasteiger charge is 2.38. The van der Waals surface area contributed by atoms with Crippen LogP contribution in [0.1, 0.15) is 36.8 Å². The molecule has 0 unspecified atom stereocenters. The van der Waals surface area contributed by atoms with Crippen LogP contribution in [0.4, 0.5) is 4.39 Å². The zero-order valence-corrected chi connectivity index (χ0v) is 16.3. The number of hydrogen-bond donors (Lipinski definition) is 0. The quantitative estimate of drug-likeness (QED) is 0.811. The maximum absolute atomic E-state index is 13.1. The van der Waals surface area contributed by atoms with E-state index in [1.807, 2.05) is 29.2 Å². The third kappa shape index (κ3) is 4.58. The minimum Gasteiger partial charge on any atom is -0.342 e. The fourth-order valence-corrected chi connectivity index (χ4v) is 4.55. The Bertz CT molecular complexity index is 775. The average Bonchev–Trinajstić information content (AvgIpc) is 2.73. The number of carbonyl (C=O) groups excluding carboxylic acids is 1. The van der Waals surface area contributed by atoms with E-state index in [0.717, 1.165) is 51.1 Å². The summed E-state index contributed by atoms with van der Waals surface area (Å²) < 4.78 is 13.1. The summed E-state index contributed by atoms with van der Waals surface area (Å²) in [6.07, 6.45) is 8.57. The van der Waals surface area contributed by atoms with Crippen molar-refractivity contribution in [2.45, 2.75) is 38.6 Å². The van der Waals surface area contributed by atoms with E-state index in [9.17, 15) is 9.18 Å². The predicted molar refractivity (Wildman–Crippen MR) is 107 cm³/mol. The molecule has 5 heteroatoms. The Kier molecular flexibility index (Phi) is 5.72. The summed E-state index contributed by atoms with van der Waals surface area (Å²) in [6, 6.07) is 10.7. The topological polar surface area (TPSA) is 36.4 Å². The molecular weight excluding hydrogens is 353 g/mol. The Morgan fingerprint density at radius 1 is 0.964 bits per heavy atom. The first-order valence-corrected chi connectivity index (χ1v) is 10.3. The molecule has 0 radical (unpaired) electrons. The molecule has 4 rings (SSSR count). The van der Waals surface area contributed by atoms with Crippen LogP contribution in [-0.2, 0) is 17.8 Å². The molecule has 1 aromatic carbocycles. The van der Waals surface area contributed by atoms with Crippen LogP contribution in [0.2, 0.25) is 0 Å². The first-order chi connectivity index (χ1) is 13.6. The van der Waals surface area contributed by atoms with Crippen LogP contribution < -0.4 is 0 Å². The fraction of sp³-hybridized carbons (Fsp3) is 0.478. The second kappa shape index (κ2) is 8.39. The molecule has 0 N–H and O–H groups in total. The van der Waals surface area contributed by atoms with Crippen molar-refractivity contribution in [3.8, 4) is 0 Å². The van der Waals surface area contributed by atoms with Gasteiger partial charge in [-0.3, -0.25) is 14.7 Å². The van der Waals surface area contributed by atoms with Gasteiger partial charge in [-0.1, -0.05) is 18.2 Å². The van der Waals surface area contributed by atoms with E-state index in [4.69, 9.17) is 0 Å². The number of pyridine rings is 1. The van der Waals surface area contributed by atoms with Gasteiger partial charge in [-0.25, -0.2) is 4.39 Å². The molecule has 1 aromatic heterocycles. The molecule has 148 valence electrons. The normalized spacial score (nSPS) is 19.7. The molecule has 2 aliphatic rings. The molecule has 2 fully saturated rings. The smallest absolute Gasteiger partial charge is 0.227 e. The van der Waals surface area contributed by atoms with Gasteiger partial charge < -0.3 is 4.90 Å². The van der Waals surface area contributed by atoms with Crippen LogP contribution in [-0.4, -0.2) is 46.9 Å². The van der Waals surface area contributed by atoms with Crippen molar-refractivity contribution in [2.75, 3.05) is 26.2 Å². The minimum atomic E-state index is -0.175. The molecule has 2 aliphatic heterocycles. The number of carbonyl (C=O) groups is 1. The van der Waals surface area contributed by atoms with Gasteiger partial charge in [0, 0.05) is 32.0 Å². The molecule has 4 nitrogen and oxygen atoms in total. The van der Waals surface area contributed by atoms with Gasteiger partial charge in [-0.2, -0.15) is 0 Å². The Morgan fingerprint density at radius 2 is 1.64 bits per heavy atom. The molecule has 0 atom stereocenters. The monoisotopic (exact) mass is 381 g/mol. The van der Waals surface area contributed by atoms with E-state index in [0.29, 0.717) is 11.8 Å². The van der Waals surface area contributed by atoms with E-state index in [1.165, 1.54) is 18.4 Å². The summed E-state index contributed by atoms with van der Waals surface area (Å²) in [5.74, 6) is 0.0442. The van der Waals surface area contributed by atoms with Gasteiger partial charge in [0.1, 0.15) is 5.82 Å². The lowest BCUT2D eigenvalue weighted by Crippen LogP contribution is -2.48. The van der Waals surface area contributed by atoms with E-state index >= 15 is 0 Å². The maximum atomic E-state index is 13.1. The van der Waals surface area contributed by atoms with E-state index in [2.05, 4.69) is 9.88 Å². The molecule has 2 saturated heterocycles. The number of aromatic nitrogens is 1. The van der Waals surface area contributed by atoms with Crippen molar-refractivity contribution < 1.29 is 9.18 Å². The highest BCUT2D eigenvalue weighted by Crippen LogP contribution is 2.41. The highest BCUT2D eigenvalue weighted by atomic mass is 19.1. The van der Waals surface area contributed by atoms with Crippen molar-refractivity contribution in [1.82, 2.24) is 14.8 Å². The number of halogens is 1. The summed E-state index contributed by atoms with van der Waals surface area (Å²) >= 11 is 0. The number of benzene rings is 1. The zero-order valence-electron chi connectivity index (χ0n) is 16.3. The lowest BCUT2D eigenvalue weighted by Gasteiger charge is -2.47. The third-order valence-electron chi connectivity index (χ3n) is 6.49. The standard InChI is InChI=1S/C23H28FN3O/c24-21-5-3-19(4-6-21)18-26-12-7-23(8-13-26)9-14-27(15-10-23)22(28)16-20-2-1-11-25-17-20/h1-6,11,17H,7-10,12-16,18H2. The lowest BCUT2D eigenvalue weighted by atomic mass is 9.71. The van der Waals surface area contributed by atoms with Crippen LogP contribution in [0.3, 0.4) is 0 Å². The SMILES string of the molecule is O=C(Cc1cccnc1)N1CCC2(CCN(Cc3ccc(F)cc3)CC2)CC1. The Labute approximate surface area is 166 Å². The maximum Gasteiger partial charge on any atom is 0.227 e. The molecule has 1 spiro atoms. The van der Waals surface area contributed by atoms with E-state index < -0.39 is 0 Å². The third-order valence-corrected chi connectivity index (χ3v) is 6.49. The van der Waals surface area contributed by atoms with Gasteiger partial charge in [0.15, 0.2) is 0 Å². The molecular formula is C23H28FN3O. The van der Waals surface area contributed by atoms with Gasteiger partial charge >= 0.3 is 0 Å². The van der Waals surface area contributed by atoms with Crippen LogP contribution >= 0.6 is 0 Å². The van der Waals surface area contributed by atoms with Gasteiger partial charge in [0.2, 0.25) is 5.91 Å². The molecule has 1 amide bonds.